The van der Waals surface area contributed by atoms with Gasteiger partial charge in [-0.25, -0.2) is 14.5 Å². The Morgan fingerprint density at radius 2 is 2.00 bits per heavy atom. The average Bonchev–Trinajstić information content (AvgIpc) is 3.20. The van der Waals surface area contributed by atoms with Crippen LogP contribution >= 0.6 is 11.6 Å². The van der Waals surface area contributed by atoms with E-state index in [9.17, 15) is 9.59 Å². The van der Waals surface area contributed by atoms with Crippen LogP contribution in [0.25, 0.3) is 5.69 Å². The third kappa shape index (κ3) is 5.08. The zero-order valence-corrected chi connectivity index (χ0v) is 15.7. The van der Waals surface area contributed by atoms with Crippen molar-refractivity contribution in [2.45, 2.75) is 6.92 Å². The fraction of sp³-hybridized carbons (Fsp3) is 0.158. The molecule has 3 rings (SSSR count). The van der Waals surface area contributed by atoms with Gasteiger partial charge in [-0.1, -0.05) is 29.8 Å². The van der Waals surface area contributed by atoms with Crippen molar-refractivity contribution in [3.05, 3.63) is 65.7 Å². The van der Waals surface area contributed by atoms with Gasteiger partial charge in [0.15, 0.2) is 13.2 Å². The van der Waals surface area contributed by atoms with E-state index in [1.807, 2.05) is 19.1 Å². The van der Waals surface area contributed by atoms with Gasteiger partial charge in [-0.2, -0.15) is 5.10 Å². The number of hydrogen-bond acceptors (Lipinski definition) is 6. The van der Waals surface area contributed by atoms with Crippen LogP contribution in [0.4, 0.5) is 5.69 Å². The molecule has 0 unspecified atom stereocenters. The molecule has 0 bridgehead atoms. The summed E-state index contributed by atoms with van der Waals surface area (Å²) in [6.07, 6.45) is 2.86. The average molecular weight is 401 g/mol. The normalized spacial score (nSPS) is 10.4. The molecular formula is C19H17ClN4O4. The maximum Gasteiger partial charge on any atom is 0.344 e. The van der Waals surface area contributed by atoms with Crippen molar-refractivity contribution in [1.82, 2.24) is 14.8 Å². The van der Waals surface area contributed by atoms with Crippen LogP contribution in [0.3, 0.4) is 0 Å². The summed E-state index contributed by atoms with van der Waals surface area (Å²) < 4.78 is 11.8. The van der Waals surface area contributed by atoms with E-state index in [0.717, 1.165) is 5.56 Å². The van der Waals surface area contributed by atoms with Gasteiger partial charge in [0.25, 0.3) is 5.91 Å². The standard InChI is InChI=1S/C19H17ClN4O4/c1-13-4-2-3-5-17(13)27-10-19(26)28-9-18(25)23-15-8-14(20)6-7-16(15)24-12-21-11-22-24/h2-8,11-12H,9-10H2,1H3,(H,23,25). The first-order valence-electron chi connectivity index (χ1n) is 8.31. The Hall–Kier alpha value is -3.39. The van der Waals surface area contributed by atoms with Crippen LogP contribution < -0.4 is 10.1 Å². The van der Waals surface area contributed by atoms with Gasteiger partial charge in [0.1, 0.15) is 18.4 Å². The van der Waals surface area contributed by atoms with Gasteiger partial charge in [-0.05, 0) is 36.8 Å². The van der Waals surface area contributed by atoms with E-state index in [1.54, 1.807) is 30.3 Å². The van der Waals surface area contributed by atoms with Crippen LogP contribution in [0.1, 0.15) is 5.56 Å². The number of esters is 1. The van der Waals surface area contributed by atoms with Crippen LogP contribution in [-0.2, 0) is 14.3 Å². The van der Waals surface area contributed by atoms with Crippen LogP contribution in [0.2, 0.25) is 5.02 Å². The van der Waals surface area contributed by atoms with Gasteiger partial charge in [0.05, 0.1) is 11.4 Å². The van der Waals surface area contributed by atoms with Crippen molar-refractivity contribution in [2.24, 2.45) is 0 Å². The number of ether oxygens (including phenoxy) is 2. The molecule has 1 aromatic heterocycles. The Kier molecular flexibility index (Phi) is 6.23. The van der Waals surface area contributed by atoms with E-state index in [2.05, 4.69) is 15.4 Å². The number of anilines is 1. The number of carbonyl (C=O) groups is 2. The molecule has 1 heterocycles. The summed E-state index contributed by atoms with van der Waals surface area (Å²) in [7, 11) is 0. The minimum atomic E-state index is -0.652. The molecule has 0 fully saturated rings. The molecule has 0 saturated heterocycles. The molecule has 144 valence electrons. The molecule has 2 aromatic carbocycles. The van der Waals surface area contributed by atoms with E-state index in [0.29, 0.717) is 22.1 Å². The Bertz CT molecular complexity index is 976. The highest BCUT2D eigenvalue weighted by Gasteiger charge is 2.13. The monoisotopic (exact) mass is 400 g/mol. The highest BCUT2D eigenvalue weighted by atomic mass is 35.5. The van der Waals surface area contributed by atoms with Crippen LogP contribution in [0.5, 0.6) is 5.75 Å². The van der Waals surface area contributed by atoms with Gasteiger partial charge in [0, 0.05) is 5.02 Å². The molecule has 0 spiro atoms. The summed E-state index contributed by atoms with van der Waals surface area (Å²) >= 11 is 6.00. The molecule has 1 amide bonds. The second-order valence-electron chi connectivity index (χ2n) is 5.76. The number of halogens is 1. The molecule has 3 aromatic rings. The summed E-state index contributed by atoms with van der Waals surface area (Å²) in [6.45, 7) is 1.12. The first-order valence-corrected chi connectivity index (χ1v) is 8.69. The SMILES string of the molecule is Cc1ccccc1OCC(=O)OCC(=O)Nc1cc(Cl)ccc1-n1cncn1. The Morgan fingerprint density at radius 3 is 2.75 bits per heavy atom. The van der Waals surface area contributed by atoms with E-state index >= 15 is 0 Å². The minimum Gasteiger partial charge on any atom is -0.482 e. The molecule has 0 aliphatic carbocycles. The second-order valence-corrected chi connectivity index (χ2v) is 6.20. The van der Waals surface area contributed by atoms with E-state index in [4.69, 9.17) is 21.1 Å². The first kappa shape index (κ1) is 19.4. The quantitative estimate of drug-likeness (QED) is 0.613. The predicted molar refractivity (Wildman–Crippen MR) is 103 cm³/mol. The summed E-state index contributed by atoms with van der Waals surface area (Å²) in [5, 5.41) is 7.11. The smallest absolute Gasteiger partial charge is 0.344 e. The highest BCUT2D eigenvalue weighted by Crippen LogP contribution is 2.24. The number of aryl methyl sites for hydroxylation is 1. The molecule has 1 N–H and O–H groups in total. The number of hydrogen-bond donors (Lipinski definition) is 1. The van der Waals surface area contributed by atoms with Gasteiger partial charge in [-0.3, -0.25) is 4.79 Å². The number of aromatic nitrogens is 3. The van der Waals surface area contributed by atoms with Crippen molar-refractivity contribution in [1.29, 1.82) is 0 Å². The van der Waals surface area contributed by atoms with E-state index in [1.165, 1.54) is 17.3 Å². The lowest BCUT2D eigenvalue weighted by Crippen LogP contribution is -2.24. The summed E-state index contributed by atoms with van der Waals surface area (Å²) in [4.78, 5) is 27.9. The molecule has 0 aliphatic heterocycles. The molecule has 8 nitrogen and oxygen atoms in total. The number of rotatable bonds is 7. The number of amides is 1. The lowest BCUT2D eigenvalue weighted by Gasteiger charge is -2.12. The lowest BCUT2D eigenvalue weighted by atomic mass is 10.2. The zero-order chi connectivity index (χ0) is 19.9. The molecule has 9 heteroatoms. The van der Waals surface area contributed by atoms with Gasteiger partial charge >= 0.3 is 5.97 Å². The predicted octanol–water partition coefficient (Wildman–Crippen LogP) is 2.79. The molecule has 0 radical (unpaired) electrons. The summed E-state index contributed by atoms with van der Waals surface area (Å²) in [6, 6.07) is 12.2. The van der Waals surface area contributed by atoms with Gasteiger partial charge in [0.2, 0.25) is 0 Å². The maximum absolute atomic E-state index is 12.2. The van der Waals surface area contributed by atoms with Crippen LogP contribution in [-0.4, -0.2) is 39.9 Å². The number of benzene rings is 2. The number of para-hydroxylation sites is 1. The second kappa shape index (κ2) is 9.01. The minimum absolute atomic E-state index is 0.292. The lowest BCUT2D eigenvalue weighted by molar-refractivity contribution is -0.149. The largest absolute Gasteiger partial charge is 0.482 e. The van der Waals surface area contributed by atoms with Crippen LogP contribution in [0, 0.1) is 6.92 Å². The molecule has 0 atom stereocenters. The Balaban J connectivity index is 1.54. The summed E-state index contributed by atoms with van der Waals surface area (Å²) in [5.41, 5.74) is 1.88. The van der Waals surface area contributed by atoms with Crippen molar-refractivity contribution < 1.29 is 19.1 Å². The fourth-order valence-electron chi connectivity index (χ4n) is 2.37. The molecule has 0 saturated carbocycles. The molecular weight excluding hydrogens is 384 g/mol. The highest BCUT2D eigenvalue weighted by molar-refractivity contribution is 6.31. The third-order valence-corrected chi connectivity index (χ3v) is 3.94. The maximum atomic E-state index is 12.2. The van der Waals surface area contributed by atoms with Crippen molar-refractivity contribution >= 4 is 29.2 Å². The molecule has 0 aliphatic rings. The fourth-order valence-corrected chi connectivity index (χ4v) is 2.54. The van der Waals surface area contributed by atoms with Crippen molar-refractivity contribution in [3.63, 3.8) is 0 Å². The van der Waals surface area contributed by atoms with Crippen molar-refractivity contribution in [3.8, 4) is 11.4 Å². The Labute approximate surface area is 166 Å². The third-order valence-electron chi connectivity index (χ3n) is 3.70. The van der Waals surface area contributed by atoms with E-state index in [-0.39, 0.29) is 6.61 Å². The van der Waals surface area contributed by atoms with Gasteiger partial charge in [-0.15, -0.1) is 0 Å². The number of carbonyl (C=O) groups excluding carboxylic acids is 2. The van der Waals surface area contributed by atoms with E-state index < -0.39 is 18.5 Å². The molecule has 28 heavy (non-hydrogen) atoms. The topological polar surface area (TPSA) is 95.3 Å². The summed E-state index contributed by atoms with van der Waals surface area (Å²) in [5.74, 6) is -0.589. The number of nitrogens with one attached hydrogen (secondary N) is 1. The van der Waals surface area contributed by atoms with Crippen LogP contribution in [0.15, 0.2) is 55.1 Å². The number of nitrogens with zero attached hydrogens (tertiary/aromatic N) is 3. The van der Waals surface area contributed by atoms with Crippen molar-refractivity contribution in [2.75, 3.05) is 18.5 Å². The van der Waals surface area contributed by atoms with Gasteiger partial charge < -0.3 is 14.8 Å². The Morgan fingerprint density at radius 1 is 1.18 bits per heavy atom. The first-order chi connectivity index (χ1) is 13.5. The zero-order valence-electron chi connectivity index (χ0n) is 15.0.